The monoisotopic (exact) mass is 338 g/mol. The highest BCUT2D eigenvalue weighted by Gasteiger charge is 2.73. The largest absolute Gasteiger partial charge is 0.299 e. The topological polar surface area (TPSA) is 34.1 Å². The Kier molecular flexibility index (Phi) is 3.05. The molecule has 134 valence electrons. The van der Waals surface area contributed by atoms with Crippen LogP contribution >= 0.6 is 0 Å². The first kappa shape index (κ1) is 16.0. The molecule has 5 aliphatic carbocycles. The number of hydrogen-bond acceptors (Lipinski definition) is 2. The fraction of sp³-hybridized carbons (Fsp3) is 0.739. The number of Topliss-reactive ketones (excluding diaryl/α,β-unsaturated/α-hetero) is 1. The molecule has 5 aliphatic rings. The van der Waals surface area contributed by atoms with Crippen LogP contribution in [-0.2, 0) is 9.59 Å². The summed E-state index contributed by atoms with van der Waals surface area (Å²) >= 11 is 0. The van der Waals surface area contributed by atoms with E-state index in [1.807, 2.05) is 13.0 Å². The predicted molar refractivity (Wildman–Crippen MR) is 97.8 cm³/mol. The summed E-state index contributed by atoms with van der Waals surface area (Å²) in [5.74, 6) is 3.23. The molecular weight excluding hydrogens is 308 g/mol. The van der Waals surface area contributed by atoms with Crippen molar-refractivity contribution in [3.8, 4) is 0 Å². The lowest BCUT2D eigenvalue weighted by molar-refractivity contribution is -0.137. The normalized spacial score (nSPS) is 53.1. The van der Waals surface area contributed by atoms with Crippen LogP contribution < -0.4 is 0 Å². The molecule has 3 fully saturated rings. The summed E-state index contributed by atoms with van der Waals surface area (Å²) in [5.41, 5.74) is 1.61. The number of fused-ring (bicyclic) bond motifs is 3. The molecular formula is C23H30O2. The third-order valence-corrected chi connectivity index (χ3v) is 9.51. The number of rotatable bonds is 1. The van der Waals surface area contributed by atoms with Crippen molar-refractivity contribution in [2.24, 2.45) is 39.9 Å². The zero-order valence-corrected chi connectivity index (χ0v) is 15.8. The van der Waals surface area contributed by atoms with Gasteiger partial charge in [-0.15, -0.1) is 0 Å². The van der Waals surface area contributed by atoms with Gasteiger partial charge in [0.15, 0.2) is 5.78 Å². The van der Waals surface area contributed by atoms with Gasteiger partial charge in [0.25, 0.3) is 0 Å². The Morgan fingerprint density at radius 2 is 1.96 bits per heavy atom. The van der Waals surface area contributed by atoms with Crippen molar-refractivity contribution >= 4 is 11.6 Å². The summed E-state index contributed by atoms with van der Waals surface area (Å²) in [6, 6.07) is 0. The molecule has 7 atom stereocenters. The van der Waals surface area contributed by atoms with Crippen LogP contribution in [0.4, 0.5) is 0 Å². The Morgan fingerprint density at radius 1 is 1.16 bits per heavy atom. The zero-order valence-electron chi connectivity index (χ0n) is 15.8. The average Bonchev–Trinajstić information content (AvgIpc) is 2.99. The Balaban J connectivity index is 1.58. The molecule has 0 spiro atoms. The number of allylic oxidation sites excluding steroid dienone is 3. The fourth-order valence-electron chi connectivity index (χ4n) is 8.42. The summed E-state index contributed by atoms with van der Waals surface area (Å²) in [7, 11) is 0. The maximum absolute atomic E-state index is 12.7. The number of carbonyl (C=O) groups is 2. The Morgan fingerprint density at radius 3 is 2.64 bits per heavy atom. The minimum atomic E-state index is -0.192. The van der Waals surface area contributed by atoms with Crippen LogP contribution in [0.2, 0.25) is 0 Å². The standard InChI is InChI=1S/C23H30O2/c1-14-12-17(25)13-16-4-5-19-18(20(14)16)6-7-21(3)22(15(2)24)8-10-23(19,21)11-9-22/h8,10,13-14,18-20H,4-7,9,11-12H2,1-3H3/t14?,18-,19+,20-,21+,22+,23?/m0/s1. The van der Waals surface area contributed by atoms with E-state index in [0.29, 0.717) is 35.2 Å². The van der Waals surface area contributed by atoms with Gasteiger partial charge in [-0.2, -0.15) is 0 Å². The lowest BCUT2D eigenvalue weighted by atomic mass is 9.44. The second kappa shape index (κ2) is 4.75. The van der Waals surface area contributed by atoms with Gasteiger partial charge in [-0.25, -0.2) is 0 Å². The van der Waals surface area contributed by atoms with E-state index in [9.17, 15) is 9.59 Å². The Labute approximate surface area is 151 Å². The number of carbonyl (C=O) groups excluding carboxylic acids is 2. The Bertz CT molecular complexity index is 730. The molecule has 0 heterocycles. The highest BCUT2D eigenvalue weighted by atomic mass is 16.1. The van der Waals surface area contributed by atoms with Crippen LogP contribution in [0.25, 0.3) is 0 Å². The third-order valence-electron chi connectivity index (χ3n) is 9.51. The molecule has 0 saturated heterocycles. The number of hydrogen-bond donors (Lipinski definition) is 0. The molecule has 2 unspecified atom stereocenters. The molecule has 0 aromatic rings. The van der Waals surface area contributed by atoms with Gasteiger partial charge >= 0.3 is 0 Å². The molecule has 0 aliphatic heterocycles. The van der Waals surface area contributed by atoms with E-state index in [4.69, 9.17) is 0 Å². The molecule has 2 heteroatoms. The smallest absolute Gasteiger partial charge is 0.155 e. The van der Waals surface area contributed by atoms with E-state index >= 15 is 0 Å². The first-order valence-corrected chi connectivity index (χ1v) is 10.3. The van der Waals surface area contributed by atoms with Crippen LogP contribution in [0.15, 0.2) is 23.8 Å². The molecule has 2 bridgehead atoms. The Hall–Kier alpha value is -1.18. The highest BCUT2D eigenvalue weighted by molar-refractivity contribution is 5.91. The van der Waals surface area contributed by atoms with Crippen molar-refractivity contribution < 1.29 is 9.59 Å². The van der Waals surface area contributed by atoms with Crippen molar-refractivity contribution in [2.45, 2.75) is 65.7 Å². The van der Waals surface area contributed by atoms with Crippen molar-refractivity contribution in [1.29, 1.82) is 0 Å². The molecule has 0 amide bonds. The van der Waals surface area contributed by atoms with Crippen molar-refractivity contribution in [2.75, 3.05) is 0 Å². The van der Waals surface area contributed by atoms with Gasteiger partial charge in [0.2, 0.25) is 0 Å². The van der Waals surface area contributed by atoms with Crippen LogP contribution in [-0.4, -0.2) is 11.6 Å². The SMILES string of the molecule is CC(=O)[C@@]12C=CC3(CC1)[C@@H]1CCC4=CC(=O)CC(C)[C@@H]4[C@H]1CC[C@@]32C. The quantitative estimate of drug-likeness (QED) is 0.638. The van der Waals surface area contributed by atoms with E-state index in [1.54, 1.807) is 0 Å². The van der Waals surface area contributed by atoms with Crippen molar-refractivity contribution in [1.82, 2.24) is 0 Å². The van der Waals surface area contributed by atoms with Gasteiger partial charge in [-0.3, -0.25) is 9.59 Å². The second-order valence-electron chi connectivity index (χ2n) is 9.97. The van der Waals surface area contributed by atoms with E-state index < -0.39 is 0 Å². The molecule has 0 aromatic heterocycles. The minimum absolute atomic E-state index is 0.127. The van der Waals surface area contributed by atoms with Gasteiger partial charge in [0.1, 0.15) is 5.78 Å². The van der Waals surface area contributed by atoms with E-state index in [1.165, 1.54) is 31.3 Å². The fourth-order valence-corrected chi connectivity index (χ4v) is 8.42. The van der Waals surface area contributed by atoms with Crippen molar-refractivity contribution in [3.05, 3.63) is 23.8 Å². The first-order valence-electron chi connectivity index (χ1n) is 10.3. The molecule has 0 aromatic carbocycles. The minimum Gasteiger partial charge on any atom is -0.299 e. The summed E-state index contributed by atoms with van der Waals surface area (Å²) in [6.45, 7) is 6.54. The van der Waals surface area contributed by atoms with Crippen LogP contribution in [0, 0.1) is 39.9 Å². The molecule has 0 radical (unpaired) electrons. The van der Waals surface area contributed by atoms with Crippen LogP contribution in [0.3, 0.4) is 0 Å². The van der Waals surface area contributed by atoms with Gasteiger partial charge in [-0.05, 0) is 86.0 Å². The molecule has 3 saturated carbocycles. The summed E-state index contributed by atoms with van der Waals surface area (Å²) in [4.78, 5) is 24.7. The zero-order chi connectivity index (χ0) is 17.6. The van der Waals surface area contributed by atoms with E-state index in [0.717, 1.165) is 19.3 Å². The third kappa shape index (κ3) is 1.63. The molecule has 2 nitrogen and oxygen atoms in total. The van der Waals surface area contributed by atoms with Gasteiger partial charge in [0.05, 0.1) is 5.41 Å². The maximum Gasteiger partial charge on any atom is 0.155 e. The lowest BCUT2D eigenvalue weighted by Crippen LogP contribution is -2.54. The van der Waals surface area contributed by atoms with E-state index in [2.05, 4.69) is 26.0 Å². The molecule has 25 heavy (non-hydrogen) atoms. The molecule has 5 rings (SSSR count). The summed E-state index contributed by atoms with van der Waals surface area (Å²) < 4.78 is 0. The van der Waals surface area contributed by atoms with Gasteiger partial charge in [-0.1, -0.05) is 31.6 Å². The first-order chi connectivity index (χ1) is 11.8. The van der Waals surface area contributed by atoms with E-state index in [-0.39, 0.29) is 16.2 Å². The lowest BCUT2D eigenvalue weighted by Gasteiger charge is -2.60. The van der Waals surface area contributed by atoms with Crippen LogP contribution in [0.1, 0.15) is 65.7 Å². The maximum atomic E-state index is 12.7. The predicted octanol–water partition coefficient (Wildman–Crippen LogP) is 4.89. The average molecular weight is 338 g/mol. The van der Waals surface area contributed by atoms with Crippen molar-refractivity contribution in [3.63, 3.8) is 0 Å². The summed E-state index contributed by atoms with van der Waals surface area (Å²) in [5, 5.41) is 0. The highest BCUT2D eigenvalue weighted by Crippen LogP contribution is 2.78. The van der Waals surface area contributed by atoms with Gasteiger partial charge < -0.3 is 0 Å². The van der Waals surface area contributed by atoms with Crippen LogP contribution in [0.5, 0.6) is 0 Å². The molecule has 0 N–H and O–H groups in total. The number of ketones is 2. The second-order valence-corrected chi connectivity index (χ2v) is 9.97. The van der Waals surface area contributed by atoms with Gasteiger partial charge in [0, 0.05) is 6.42 Å². The summed E-state index contributed by atoms with van der Waals surface area (Å²) in [6.07, 6.45) is 14.5.